The van der Waals surface area contributed by atoms with Crippen molar-refractivity contribution in [2.75, 3.05) is 0 Å². The summed E-state index contributed by atoms with van der Waals surface area (Å²) < 4.78 is 2.10. The lowest BCUT2D eigenvalue weighted by atomic mass is 10.3. The van der Waals surface area contributed by atoms with Gasteiger partial charge in [0.25, 0.3) is 0 Å². The van der Waals surface area contributed by atoms with Crippen LogP contribution >= 0.6 is 0 Å². The summed E-state index contributed by atoms with van der Waals surface area (Å²) in [6.45, 7) is 4.79. The van der Waals surface area contributed by atoms with Crippen LogP contribution in [-0.2, 0) is 6.54 Å². The minimum absolute atomic E-state index is 0.510. The van der Waals surface area contributed by atoms with E-state index in [1.165, 1.54) is 0 Å². The number of hydrogen-bond donors (Lipinski definition) is 1. The highest BCUT2D eigenvalue weighted by atomic mass is 16.3. The van der Waals surface area contributed by atoms with Crippen molar-refractivity contribution in [3.63, 3.8) is 0 Å². The van der Waals surface area contributed by atoms with Gasteiger partial charge in [-0.25, -0.2) is 4.98 Å². The van der Waals surface area contributed by atoms with Crippen molar-refractivity contribution in [1.29, 1.82) is 0 Å². The van der Waals surface area contributed by atoms with Gasteiger partial charge >= 0.3 is 0 Å². The highest BCUT2D eigenvalue weighted by molar-refractivity contribution is 5.75. The van der Waals surface area contributed by atoms with Gasteiger partial charge in [-0.15, -0.1) is 0 Å². The van der Waals surface area contributed by atoms with E-state index in [1.807, 2.05) is 24.3 Å². The molecule has 0 radical (unpaired) electrons. The Morgan fingerprint density at radius 3 is 2.80 bits per heavy atom. The van der Waals surface area contributed by atoms with Crippen LogP contribution in [0.25, 0.3) is 11.0 Å². The first-order valence-corrected chi connectivity index (χ1v) is 5.37. The number of nitrogens with zero attached hydrogens (tertiary/aromatic N) is 2. The molecule has 1 N–H and O–H groups in total. The first kappa shape index (κ1) is 10.2. The van der Waals surface area contributed by atoms with Crippen LogP contribution < -0.4 is 0 Å². The summed E-state index contributed by atoms with van der Waals surface area (Å²) in [5.41, 5.74) is 2.07. The Labute approximate surface area is 89.4 Å². The van der Waals surface area contributed by atoms with Crippen molar-refractivity contribution in [1.82, 2.24) is 9.55 Å². The number of aliphatic hydroxyl groups is 1. The molecule has 3 heteroatoms. The summed E-state index contributed by atoms with van der Waals surface area (Å²) in [4.78, 5) is 4.44. The molecule has 0 aliphatic heterocycles. The van der Waals surface area contributed by atoms with Crippen LogP contribution in [0.4, 0.5) is 0 Å². The van der Waals surface area contributed by atoms with Crippen molar-refractivity contribution < 1.29 is 5.11 Å². The normalized spacial score (nSPS) is 13.3. The molecular weight excluding hydrogens is 188 g/mol. The van der Waals surface area contributed by atoms with E-state index >= 15 is 0 Å². The maximum absolute atomic E-state index is 9.65. The van der Waals surface area contributed by atoms with Gasteiger partial charge in [-0.2, -0.15) is 0 Å². The second-order valence-electron chi connectivity index (χ2n) is 3.79. The minimum atomic E-state index is -0.510. The Bertz CT molecular complexity index is 460. The van der Waals surface area contributed by atoms with Gasteiger partial charge in [0.15, 0.2) is 0 Å². The van der Waals surface area contributed by atoms with E-state index in [2.05, 4.69) is 16.5 Å². The average molecular weight is 204 g/mol. The maximum Gasteiger partial charge on any atom is 0.138 e. The van der Waals surface area contributed by atoms with E-state index in [0.717, 1.165) is 29.8 Å². The second-order valence-corrected chi connectivity index (χ2v) is 3.79. The standard InChI is InChI=1S/C12H16N2O/c1-3-8-14-11-7-5-4-6-10(11)13-12(14)9(2)15/h4-7,9,15H,3,8H2,1-2H3/t9-/m1/s1. The molecule has 1 heterocycles. The van der Waals surface area contributed by atoms with Crippen LogP contribution in [0.15, 0.2) is 24.3 Å². The van der Waals surface area contributed by atoms with Gasteiger partial charge in [0, 0.05) is 6.54 Å². The molecule has 2 rings (SSSR count). The fourth-order valence-electron chi connectivity index (χ4n) is 1.87. The highest BCUT2D eigenvalue weighted by Gasteiger charge is 2.13. The van der Waals surface area contributed by atoms with E-state index in [1.54, 1.807) is 6.92 Å². The maximum atomic E-state index is 9.65. The summed E-state index contributed by atoms with van der Waals surface area (Å²) in [5.74, 6) is 0.762. The van der Waals surface area contributed by atoms with Crippen molar-refractivity contribution >= 4 is 11.0 Å². The first-order chi connectivity index (χ1) is 7.24. The fraction of sp³-hybridized carbons (Fsp3) is 0.417. The number of aliphatic hydroxyl groups excluding tert-OH is 1. The highest BCUT2D eigenvalue weighted by Crippen LogP contribution is 2.20. The third kappa shape index (κ3) is 1.75. The predicted octanol–water partition coefficient (Wildman–Crippen LogP) is 2.50. The number of fused-ring (bicyclic) bond motifs is 1. The molecule has 0 amide bonds. The average Bonchev–Trinajstić information content (AvgIpc) is 2.58. The zero-order valence-electron chi connectivity index (χ0n) is 9.14. The molecule has 0 aliphatic carbocycles. The molecule has 2 aromatic rings. The summed E-state index contributed by atoms with van der Waals surface area (Å²) in [6, 6.07) is 8.00. The smallest absolute Gasteiger partial charge is 0.138 e. The number of aromatic nitrogens is 2. The quantitative estimate of drug-likeness (QED) is 0.834. The molecule has 0 aliphatic rings. The summed E-state index contributed by atoms with van der Waals surface area (Å²) in [6.07, 6.45) is 0.532. The number of para-hydroxylation sites is 2. The second kappa shape index (κ2) is 4.03. The monoisotopic (exact) mass is 204 g/mol. The number of hydrogen-bond acceptors (Lipinski definition) is 2. The third-order valence-corrected chi connectivity index (χ3v) is 2.50. The van der Waals surface area contributed by atoms with Gasteiger partial charge in [-0.1, -0.05) is 19.1 Å². The van der Waals surface area contributed by atoms with E-state index in [0.29, 0.717) is 0 Å². The molecular formula is C12H16N2O. The van der Waals surface area contributed by atoms with Crippen molar-refractivity contribution in [3.05, 3.63) is 30.1 Å². The topological polar surface area (TPSA) is 38.0 Å². The van der Waals surface area contributed by atoms with Crippen LogP contribution in [0.5, 0.6) is 0 Å². The van der Waals surface area contributed by atoms with Crippen molar-refractivity contribution in [2.45, 2.75) is 32.9 Å². The minimum Gasteiger partial charge on any atom is -0.385 e. The van der Waals surface area contributed by atoms with Crippen molar-refractivity contribution in [2.24, 2.45) is 0 Å². The molecule has 0 bridgehead atoms. The zero-order valence-corrected chi connectivity index (χ0v) is 9.14. The van der Waals surface area contributed by atoms with Crippen LogP contribution in [0, 0.1) is 0 Å². The van der Waals surface area contributed by atoms with Gasteiger partial charge in [-0.3, -0.25) is 0 Å². The lowest BCUT2D eigenvalue weighted by Gasteiger charge is -2.08. The van der Waals surface area contributed by atoms with E-state index in [9.17, 15) is 5.11 Å². The summed E-state index contributed by atoms with van der Waals surface area (Å²) in [7, 11) is 0. The van der Waals surface area contributed by atoms with Crippen LogP contribution in [0.3, 0.4) is 0 Å². The van der Waals surface area contributed by atoms with E-state index in [-0.39, 0.29) is 0 Å². The zero-order chi connectivity index (χ0) is 10.8. The van der Waals surface area contributed by atoms with Crippen LogP contribution in [0.2, 0.25) is 0 Å². The molecule has 3 nitrogen and oxygen atoms in total. The SMILES string of the molecule is CCCn1c([C@@H](C)O)nc2ccccc21. The predicted molar refractivity (Wildman–Crippen MR) is 60.7 cm³/mol. The molecule has 15 heavy (non-hydrogen) atoms. The Kier molecular flexibility index (Phi) is 2.73. The Balaban J connectivity index is 2.63. The van der Waals surface area contributed by atoms with Crippen molar-refractivity contribution in [3.8, 4) is 0 Å². The Hall–Kier alpha value is -1.35. The molecule has 1 aromatic heterocycles. The lowest BCUT2D eigenvalue weighted by Crippen LogP contribution is -2.06. The van der Waals surface area contributed by atoms with Crippen LogP contribution in [-0.4, -0.2) is 14.7 Å². The van der Waals surface area contributed by atoms with Gasteiger partial charge in [-0.05, 0) is 25.5 Å². The number of rotatable bonds is 3. The summed E-state index contributed by atoms with van der Waals surface area (Å²) in [5, 5.41) is 9.65. The van der Waals surface area contributed by atoms with Crippen LogP contribution in [0.1, 0.15) is 32.2 Å². The molecule has 1 atom stereocenters. The van der Waals surface area contributed by atoms with Gasteiger partial charge < -0.3 is 9.67 Å². The van der Waals surface area contributed by atoms with Gasteiger partial charge in [0.05, 0.1) is 11.0 Å². The number of aryl methyl sites for hydroxylation is 1. The molecule has 1 aromatic carbocycles. The third-order valence-electron chi connectivity index (χ3n) is 2.50. The molecule has 0 saturated carbocycles. The molecule has 80 valence electrons. The Morgan fingerprint density at radius 1 is 1.40 bits per heavy atom. The number of imidazole rings is 1. The molecule has 0 unspecified atom stereocenters. The lowest BCUT2D eigenvalue weighted by molar-refractivity contribution is 0.184. The molecule has 0 saturated heterocycles. The van der Waals surface area contributed by atoms with E-state index in [4.69, 9.17) is 0 Å². The van der Waals surface area contributed by atoms with E-state index < -0.39 is 6.10 Å². The summed E-state index contributed by atoms with van der Waals surface area (Å²) >= 11 is 0. The fourth-order valence-corrected chi connectivity index (χ4v) is 1.87. The Morgan fingerprint density at radius 2 is 2.13 bits per heavy atom. The number of benzene rings is 1. The molecule has 0 spiro atoms. The first-order valence-electron chi connectivity index (χ1n) is 5.37. The van der Waals surface area contributed by atoms with Gasteiger partial charge in [0.2, 0.25) is 0 Å². The largest absolute Gasteiger partial charge is 0.385 e. The molecule has 0 fully saturated rings. The van der Waals surface area contributed by atoms with Gasteiger partial charge in [0.1, 0.15) is 11.9 Å².